The topological polar surface area (TPSA) is 145 Å². The van der Waals surface area contributed by atoms with Gasteiger partial charge < -0.3 is 25.1 Å². The Morgan fingerprint density at radius 3 is 2.40 bits per heavy atom. The molecule has 1 unspecified atom stereocenters. The number of piperazine rings is 1. The maximum absolute atomic E-state index is 17.1. The van der Waals surface area contributed by atoms with Gasteiger partial charge in [-0.1, -0.05) is 91.9 Å². The number of halogens is 3. The molecule has 2 aliphatic rings. The zero-order valence-electron chi connectivity index (χ0n) is 39.7. The van der Waals surface area contributed by atoms with Crippen molar-refractivity contribution in [3.63, 3.8) is 0 Å². The van der Waals surface area contributed by atoms with Crippen LogP contribution in [0.4, 0.5) is 16.2 Å². The van der Waals surface area contributed by atoms with Crippen molar-refractivity contribution in [1.29, 1.82) is 0 Å². The van der Waals surface area contributed by atoms with Gasteiger partial charge in [-0.05, 0) is 91.9 Å². The van der Waals surface area contributed by atoms with Crippen molar-refractivity contribution in [2.75, 3.05) is 56.1 Å². The highest BCUT2D eigenvalue weighted by molar-refractivity contribution is 7.15. The molecular weight excluding hydrogens is 947 g/mol. The Bertz CT molecular complexity index is 3170. The quantitative estimate of drug-likeness (QED) is 0.0714. The van der Waals surface area contributed by atoms with Crippen molar-refractivity contribution in [2.45, 2.75) is 71.8 Å². The van der Waals surface area contributed by atoms with Gasteiger partial charge in [0.2, 0.25) is 17.8 Å². The van der Waals surface area contributed by atoms with E-state index in [0.29, 0.717) is 72.8 Å². The van der Waals surface area contributed by atoms with Crippen molar-refractivity contribution in [2.24, 2.45) is 4.99 Å². The third kappa shape index (κ3) is 9.84. The average Bonchev–Trinajstić information content (AvgIpc) is 3.84. The number of amides is 2. The number of nitrogens with zero attached hydrogens (tertiary/aromatic N) is 9. The summed E-state index contributed by atoms with van der Waals surface area (Å²) in [5.41, 5.74) is 4.66. The van der Waals surface area contributed by atoms with Crippen LogP contribution < -0.4 is 15.1 Å². The van der Waals surface area contributed by atoms with Gasteiger partial charge in [-0.15, -0.1) is 21.5 Å². The van der Waals surface area contributed by atoms with Gasteiger partial charge in [-0.25, -0.2) is 9.37 Å². The number of aryl methyl sites for hydroxylation is 2. The van der Waals surface area contributed by atoms with E-state index in [1.54, 1.807) is 28.4 Å². The van der Waals surface area contributed by atoms with Crippen LogP contribution in [0.3, 0.4) is 0 Å². The fourth-order valence-corrected chi connectivity index (χ4v) is 11.1. The Hall–Kier alpha value is -6.42. The number of carbonyl (C=O) groups is 2. The smallest absolute Gasteiger partial charge is 0.246 e. The van der Waals surface area contributed by atoms with Crippen molar-refractivity contribution in [3.8, 4) is 21.9 Å². The first-order valence-electron chi connectivity index (χ1n) is 23.7. The van der Waals surface area contributed by atoms with Crippen molar-refractivity contribution >= 4 is 85.5 Å². The minimum atomic E-state index is -0.601. The van der Waals surface area contributed by atoms with Crippen LogP contribution in [0.2, 0.25) is 10.0 Å². The molecule has 7 aromatic rings. The second-order valence-corrected chi connectivity index (χ2v) is 20.1. The number of aliphatic imine (C=N–C) groups is 1. The number of nitrogens with one attached hydrogen (secondary N) is 1. The molecule has 0 spiro atoms. The molecule has 3 aromatic heterocycles. The average molecular weight is 1000 g/mol. The lowest BCUT2D eigenvalue weighted by Crippen LogP contribution is -2.48. The first-order valence-corrected chi connectivity index (χ1v) is 25.3. The van der Waals surface area contributed by atoms with Crippen LogP contribution in [0.1, 0.15) is 84.2 Å². The third-order valence-electron chi connectivity index (χ3n) is 13.4. The lowest BCUT2D eigenvalue weighted by atomic mass is 9.96. The fourth-order valence-electron chi connectivity index (χ4n) is 9.49. The molecule has 2 N–H and O–H groups in total. The lowest BCUT2D eigenvalue weighted by Gasteiger charge is -2.35. The van der Waals surface area contributed by atoms with Crippen molar-refractivity contribution < 1.29 is 19.1 Å². The Morgan fingerprint density at radius 1 is 0.914 bits per heavy atom. The first kappa shape index (κ1) is 48.6. The van der Waals surface area contributed by atoms with E-state index in [1.165, 1.54) is 17.0 Å². The SMILES string of the molecule is C=CC(=O)N1CCN(c2nc(N(C)CCCCCCCCNC(=O)CC3N=C(c4ccc(Cl)cc4)c4c(sc(C)c4C)-n4c(C)nnc43)nc3c(F)c(-c4cc(O)cc5ccccc45)c(Cl)cc23)CC1. The molecule has 2 aliphatic heterocycles. The minimum Gasteiger partial charge on any atom is -0.508 e. The number of carbonyl (C=O) groups excluding carboxylic acids is 2. The van der Waals surface area contributed by atoms with E-state index in [1.807, 2.05) is 72.3 Å². The third-order valence-corrected chi connectivity index (χ3v) is 15.1. The van der Waals surface area contributed by atoms with Gasteiger partial charge >= 0.3 is 0 Å². The van der Waals surface area contributed by atoms with E-state index in [4.69, 9.17) is 38.2 Å². The summed E-state index contributed by atoms with van der Waals surface area (Å²) in [5, 5.41) is 26.5. The number of aromatic nitrogens is 5. The minimum absolute atomic E-state index is 0.00135. The van der Waals surface area contributed by atoms with E-state index in [0.717, 1.165) is 82.5 Å². The van der Waals surface area contributed by atoms with Crippen LogP contribution in [0, 0.1) is 26.6 Å². The number of anilines is 2. The van der Waals surface area contributed by atoms with Gasteiger partial charge in [-0.3, -0.25) is 19.1 Å². The molecule has 2 amide bonds. The molecule has 1 atom stereocenters. The van der Waals surface area contributed by atoms with E-state index in [-0.39, 0.29) is 40.1 Å². The van der Waals surface area contributed by atoms with Gasteiger partial charge in [-0.2, -0.15) is 4.98 Å². The largest absolute Gasteiger partial charge is 0.508 e. The Balaban J connectivity index is 0.822. The Morgan fingerprint density at radius 2 is 1.64 bits per heavy atom. The van der Waals surface area contributed by atoms with Crippen LogP contribution in [0.15, 0.2) is 84.4 Å². The molecule has 0 saturated carbocycles. The summed E-state index contributed by atoms with van der Waals surface area (Å²) in [5.74, 6) is 1.50. The molecular formula is C53H55Cl2FN10O3S. The molecule has 9 rings (SSSR count). The fraction of sp³-hybridized carbons (Fsp3) is 0.340. The molecule has 70 heavy (non-hydrogen) atoms. The number of benzene rings is 4. The molecule has 0 aliphatic carbocycles. The summed E-state index contributed by atoms with van der Waals surface area (Å²) in [4.78, 5) is 47.9. The Labute approximate surface area is 420 Å². The summed E-state index contributed by atoms with van der Waals surface area (Å²) in [6.07, 6.45) is 7.12. The summed E-state index contributed by atoms with van der Waals surface area (Å²) in [6.45, 7) is 12.9. The molecule has 362 valence electrons. The first-order chi connectivity index (χ1) is 33.8. The predicted octanol–water partition coefficient (Wildman–Crippen LogP) is 10.9. The van der Waals surface area contributed by atoms with E-state index in [9.17, 15) is 14.7 Å². The van der Waals surface area contributed by atoms with Crippen LogP contribution >= 0.6 is 34.5 Å². The summed E-state index contributed by atoms with van der Waals surface area (Å²) >= 11 is 14.9. The molecule has 0 bridgehead atoms. The summed E-state index contributed by atoms with van der Waals surface area (Å²) in [7, 11) is 1.91. The molecule has 1 fully saturated rings. The van der Waals surface area contributed by atoms with Gasteiger partial charge in [0.15, 0.2) is 11.6 Å². The summed E-state index contributed by atoms with van der Waals surface area (Å²) in [6, 6.07) is 19.5. The molecule has 17 heteroatoms. The predicted molar refractivity (Wildman–Crippen MR) is 280 cm³/mol. The molecule has 4 aromatic carbocycles. The Kier molecular flexibility index (Phi) is 14.5. The number of phenols is 1. The number of hydrogen-bond acceptors (Lipinski definition) is 11. The number of hydrogen-bond donors (Lipinski definition) is 2. The van der Waals surface area contributed by atoms with Crippen LogP contribution in [0.25, 0.3) is 37.8 Å². The standard InChI is InChI=1S/C53H55Cl2FN10O3S/c1-6-44(69)64-23-25-65(26-24-64)50-40-29-41(55)46(39-28-37(67)27-35-15-11-12-16-38(35)39)47(56)49(40)59-53(60-50)63(5)22-14-10-8-7-9-13-21-57-43(68)30-42-51-62-61-33(4)66(51)52-45(31(2)32(3)70-52)48(58-42)34-17-19-36(54)20-18-34/h6,11-12,15-20,27-29,42,67H,1,7-10,13-14,21-26,30H2,2-5H3,(H,57,68). The van der Waals surface area contributed by atoms with Crippen LogP contribution in [0.5, 0.6) is 5.75 Å². The normalized spacial score (nSPS) is 14.6. The maximum Gasteiger partial charge on any atom is 0.246 e. The highest BCUT2D eigenvalue weighted by atomic mass is 35.5. The highest BCUT2D eigenvalue weighted by Gasteiger charge is 2.33. The molecule has 13 nitrogen and oxygen atoms in total. The molecule has 0 radical (unpaired) electrons. The zero-order chi connectivity index (χ0) is 49.2. The second-order valence-electron chi connectivity index (χ2n) is 18.0. The zero-order valence-corrected chi connectivity index (χ0v) is 42.1. The number of rotatable bonds is 16. The number of thiophene rings is 1. The molecule has 1 saturated heterocycles. The van der Waals surface area contributed by atoms with Crippen LogP contribution in [-0.4, -0.2) is 98.6 Å². The van der Waals surface area contributed by atoms with Crippen molar-refractivity contribution in [3.05, 3.63) is 128 Å². The number of phenolic OH excluding ortho intramolecular Hbond substituents is 1. The number of aromatic hydroxyl groups is 1. The van der Waals surface area contributed by atoms with Crippen molar-refractivity contribution in [1.82, 2.24) is 34.9 Å². The van der Waals surface area contributed by atoms with Crippen LogP contribution in [-0.2, 0) is 9.59 Å². The lowest BCUT2D eigenvalue weighted by molar-refractivity contribution is -0.126. The number of unbranched alkanes of at least 4 members (excludes halogenated alkanes) is 5. The van der Waals surface area contributed by atoms with E-state index < -0.39 is 11.9 Å². The molecule has 5 heterocycles. The van der Waals surface area contributed by atoms with E-state index in [2.05, 4.69) is 40.5 Å². The summed E-state index contributed by atoms with van der Waals surface area (Å²) < 4.78 is 19.2. The number of fused-ring (bicyclic) bond motifs is 5. The second kappa shape index (κ2) is 20.9. The maximum atomic E-state index is 17.1. The van der Waals surface area contributed by atoms with E-state index >= 15 is 4.39 Å². The van der Waals surface area contributed by atoms with Gasteiger partial charge in [0.25, 0.3) is 0 Å². The van der Waals surface area contributed by atoms with Gasteiger partial charge in [0.05, 0.1) is 17.2 Å². The highest BCUT2D eigenvalue weighted by Crippen LogP contribution is 2.43. The monoisotopic (exact) mass is 1000 g/mol. The van der Waals surface area contributed by atoms with Gasteiger partial charge in [0, 0.05) is 78.3 Å². The van der Waals surface area contributed by atoms with Gasteiger partial charge in [0.1, 0.15) is 34.0 Å².